The van der Waals surface area contributed by atoms with Gasteiger partial charge >= 0.3 is 5.97 Å². The van der Waals surface area contributed by atoms with Gasteiger partial charge in [0.05, 0.1) is 16.8 Å². The number of fused-ring (bicyclic) bond motifs is 1. The number of nitrogens with two attached hydrogens (primary N) is 1. The molecular weight excluding hydrogens is 516 g/mol. The third kappa shape index (κ3) is 5.42. The highest BCUT2D eigenvalue weighted by Crippen LogP contribution is 2.39. The van der Waals surface area contributed by atoms with Crippen LogP contribution in [-0.4, -0.2) is 38.0 Å². The summed E-state index contributed by atoms with van der Waals surface area (Å²) in [5.74, 6) is -1.55. The summed E-state index contributed by atoms with van der Waals surface area (Å²) in [6.07, 6.45) is 4.06. The highest BCUT2D eigenvalue weighted by molar-refractivity contribution is 6.03. The second-order valence-corrected chi connectivity index (χ2v) is 9.89. The number of aromatic amines is 1. The number of carboxylic acid groups (broad SMARTS) is 1. The number of H-pyrrole nitrogens is 1. The van der Waals surface area contributed by atoms with E-state index in [9.17, 15) is 14.7 Å². The van der Waals surface area contributed by atoms with Crippen molar-refractivity contribution in [1.82, 2.24) is 20.5 Å². The van der Waals surface area contributed by atoms with Crippen molar-refractivity contribution in [2.45, 2.75) is 32.7 Å². The number of carbonyl (C=O) groups is 2. The standard InChI is InChI=1S/C32H30N6O3/c1-3-21(29-24-11-10-20(30(33)34)14-28(24)37-38-29)22-8-4-5-9-23(22)26-15-25(18(2)13-27(26)32(40)41)31(39)36-17-19-7-6-12-35-16-19/h4-16,21H,3,17H2,1-2H3,(H3,33,34)(H,36,39)(H,37,38)(H,40,41). The molecule has 41 heavy (non-hydrogen) atoms. The molecule has 0 fully saturated rings. The Bertz CT molecular complexity index is 1780. The molecule has 1 unspecified atom stereocenters. The van der Waals surface area contributed by atoms with Crippen molar-refractivity contribution in [3.8, 4) is 11.1 Å². The molecule has 0 bridgehead atoms. The Morgan fingerprint density at radius 2 is 1.85 bits per heavy atom. The summed E-state index contributed by atoms with van der Waals surface area (Å²) in [4.78, 5) is 29.8. The van der Waals surface area contributed by atoms with E-state index in [-0.39, 0.29) is 23.2 Å². The van der Waals surface area contributed by atoms with Crippen LogP contribution >= 0.6 is 0 Å². The summed E-state index contributed by atoms with van der Waals surface area (Å²) in [7, 11) is 0. The lowest BCUT2D eigenvalue weighted by Crippen LogP contribution is -2.24. The molecule has 3 aromatic carbocycles. The van der Waals surface area contributed by atoms with Crippen LogP contribution in [0.4, 0.5) is 0 Å². The minimum atomic E-state index is -1.07. The first-order chi connectivity index (χ1) is 19.8. The Morgan fingerprint density at radius 3 is 2.56 bits per heavy atom. The van der Waals surface area contributed by atoms with Gasteiger partial charge in [-0.2, -0.15) is 5.10 Å². The Morgan fingerprint density at radius 1 is 1.05 bits per heavy atom. The second kappa shape index (κ2) is 11.4. The Labute approximate surface area is 237 Å². The summed E-state index contributed by atoms with van der Waals surface area (Å²) in [5, 5.41) is 29.4. The smallest absolute Gasteiger partial charge is 0.336 e. The molecule has 9 heteroatoms. The monoisotopic (exact) mass is 546 g/mol. The highest BCUT2D eigenvalue weighted by Gasteiger charge is 2.25. The van der Waals surface area contributed by atoms with Crippen LogP contribution in [0.15, 0.2) is 79.1 Å². The van der Waals surface area contributed by atoms with Gasteiger partial charge in [0.15, 0.2) is 0 Å². The predicted molar refractivity (Wildman–Crippen MR) is 158 cm³/mol. The first kappa shape index (κ1) is 27.3. The number of rotatable bonds is 9. The van der Waals surface area contributed by atoms with Crippen LogP contribution in [0, 0.1) is 12.3 Å². The number of nitrogen functional groups attached to an aromatic ring is 1. The Balaban J connectivity index is 1.59. The van der Waals surface area contributed by atoms with Gasteiger partial charge in [-0.25, -0.2) is 4.79 Å². The maximum Gasteiger partial charge on any atom is 0.336 e. The fourth-order valence-electron chi connectivity index (χ4n) is 5.22. The molecule has 0 radical (unpaired) electrons. The van der Waals surface area contributed by atoms with Gasteiger partial charge in [0.2, 0.25) is 0 Å². The van der Waals surface area contributed by atoms with Crippen LogP contribution in [0.1, 0.15) is 67.9 Å². The third-order valence-electron chi connectivity index (χ3n) is 7.29. The lowest BCUT2D eigenvalue weighted by molar-refractivity contribution is 0.0697. The summed E-state index contributed by atoms with van der Waals surface area (Å²) in [6, 6.07) is 20.0. The minimum Gasteiger partial charge on any atom is -0.478 e. The van der Waals surface area contributed by atoms with Crippen LogP contribution in [0.5, 0.6) is 0 Å². The number of hydrogen-bond acceptors (Lipinski definition) is 5. The van der Waals surface area contributed by atoms with Gasteiger partial charge in [-0.3, -0.25) is 20.3 Å². The number of benzene rings is 3. The van der Waals surface area contributed by atoms with E-state index in [1.54, 1.807) is 49.6 Å². The average Bonchev–Trinajstić information content (AvgIpc) is 3.40. The molecule has 0 saturated carbocycles. The molecule has 1 atom stereocenters. The molecule has 6 N–H and O–H groups in total. The molecule has 5 aromatic rings. The number of nitrogens with one attached hydrogen (secondary N) is 3. The molecule has 206 valence electrons. The molecule has 5 rings (SSSR count). The van der Waals surface area contributed by atoms with Crippen molar-refractivity contribution >= 4 is 28.6 Å². The first-order valence-electron chi connectivity index (χ1n) is 13.2. The van der Waals surface area contributed by atoms with Crippen LogP contribution < -0.4 is 11.1 Å². The number of aromatic nitrogens is 3. The molecule has 0 spiro atoms. The average molecular weight is 547 g/mol. The molecular formula is C32H30N6O3. The van der Waals surface area contributed by atoms with Crippen molar-refractivity contribution in [2.75, 3.05) is 0 Å². The topological polar surface area (TPSA) is 158 Å². The number of amidine groups is 1. The number of amides is 1. The van der Waals surface area contributed by atoms with Crippen molar-refractivity contribution in [3.63, 3.8) is 0 Å². The number of carboxylic acids is 1. The molecule has 0 aliphatic heterocycles. The van der Waals surface area contributed by atoms with Gasteiger partial charge in [0.1, 0.15) is 5.84 Å². The number of aryl methyl sites for hydroxylation is 1. The lowest BCUT2D eigenvalue weighted by atomic mass is 9.83. The van der Waals surface area contributed by atoms with E-state index in [0.717, 1.165) is 27.8 Å². The minimum absolute atomic E-state index is 0.0327. The third-order valence-corrected chi connectivity index (χ3v) is 7.29. The van der Waals surface area contributed by atoms with Gasteiger partial charge in [-0.1, -0.05) is 49.4 Å². The van der Waals surface area contributed by atoms with Crippen molar-refractivity contribution in [2.24, 2.45) is 5.73 Å². The normalized spacial score (nSPS) is 11.8. The Hall–Kier alpha value is -5.31. The number of nitrogens with zero attached hydrogens (tertiary/aromatic N) is 2. The maximum atomic E-state index is 13.3. The maximum absolute atomic E-state index is 13.3. The summed E-state index contributed by atoms with van der Waals surface area (Å²) in [5.41, 5.74) is 11.9. The zero-order valence-electron chi connectivity index (χ0n) is 22.7. The fraction of sp³-hybridized carbons (Fsp3) is 0.156. The molecule has 0 aliphatic carbocycles. The number of carbonyl (C=O) groups excluding carboxylic acids is 1. The summed E-state index contributed by atoms with van der Waals surface area (Å²) in [6.45, 7) is 4.10. The van der Waals surface area contributed by atoms with Gasteiger partial charge < -0.3 is 16.2 Å². The highest BCUT2D eigenvalue weighted by atomic mass is 16.4. The van der Waals surface area contributed by atoms with Crippen molar-refractivity contribution in [1.29, 1.82) is 5.41 Å². The zero-order chi connectivity index (χ0) is 29.1. The SMILES string of the molecule is CCC(c1ccccc1-c1cc(C(=O)NCc2cccnc2)c(C)cc1C(=O)O)c1[nH]nc2cc(C(=N)N)ccc12. The zero-order valence-corrected chi connectivity index (χ0v) is 22.7. The van der Waals surface area contributed by atoms with Crippen molar-refractivity contribution < 1.29 is 14.7 Å². The van der Waals surface area contributed by atoms with E-state index in [1.807, 2.05) is 36.4 Å². The Kier molecular flexibility index (Phi) is 7.60. The van der Waals surface area contributed by atoms with E-state index >= 15 is 0 Å². The lowest BCUT2D eigenvalue weighted by Gasteiger charge is -2.21. The van der Waals surface area contributed by atoms with E-state index in [1.165, 1.54) is 0 Å². The largest absolute Gasteiger partial charge is 0.478 e. The van der Waals surface area contributed by atoms with Crippen LogP contribution in [0.25, 0.3) is 22.0 Å². The molecule has 0 aliphatic rings. The van der Waals surface area contributed by atoms with E-state index in [4.69, 9.17) is 11.1 Å². The molecule has 2 aromatic heterocycles. The van der Waals surface area contributed by atoms with Gasteiger partial charge in [-0.05, 0) is 65.4 Å². The van der Waals surface area contributed by atoms with E-state index in [0.29, 0.717) is 40.7 Å². The van der Waals surface area contributed by atoms with Crippen LogP contribution in [-0.2, 0) is 6.54 Å². The fourth-order valence-corrected chi connectivity index (χ4v) is 5.22. The van der Waals surface area contributed by atoms with E-state index < -0.39 is 5.97 Å². The van der Waals surface area contributed by atoms with Crippen LogP contribution in [0.2, 0.25) is 0 Å². The molecule has 1 amide bonds. The predicted octanol–water partition coefficient (Wildman–Crippen LogP) is 5.39. The summed E-state index contributed by atoms with van der Waals surface area (Å²) < 4.78 is 0. The first-order valence-corrected chi connectivity index (χ1v) is 13.2. The molecule has 2 heterocycles. The van der Waals surface area contributed by atoms with E-state index in [2.05, 4.69) is 27.4 Å². The number of hydrogen-bond donors (Lipinski definition) is 5. The van der Waals surface area contributed by atoms with Crippen LogP contribution in [0.3, 0.4) is 0 Å². The second-order valence-electron chi connectivity index (χ2n) is 9.89. The van der Waals surface area contributed by atoms with Gasteiger partial charge in [0.25, 0.3) is 5.91 Å². The quantitative estimate of drug-likeness (QED) is 0.123. The number of pyridine rings is 1. The van der Waals surface area contributed by atoms with Crippen molar-refractivity contribution in [3.05, 3.63) is 118 Å². The molecule has 0 saturated heterocycles. The van der Waals surface area contributed by atoms with Gasteiger partial charge in [0, 0.05) is 41.4 Å². The number of aromatic carboxylic acids is 1. The molecule has 9 nitrogen and oxygen atoms in total. The van der Waals surface area contributed by atoms with Gasteiger partial charge in [-0.15, -0.1) is 0 Å². The summed E-state index contributed by atoms with van der Waals surface area (Å²) >= 11 is 0.